The Labute approximate surface area is 171 Å². The molecule has 3 rings (SSSR count). The van der Waals surface area contributed by atoms with Gasteiger partial charge in [0.05, 0.1) is 17.5 Å². The Balaban J connectivity index is 1.81. The molecular weight excluding hydrogens is 394 g/mol. The fourth-order valence-electron chi connectivity index (χ4n) is 3.16. The van der Waals surface area contributed by atoms with Crippen molar-refractivity contribution in [3.63, 3.8) is 0 Å². The number of nitrogens with zero attached hydrogens (tertiary/aromatic N) is 2. The van der Waals surface area contributed by atoms with Crippen molar-refractivity contribution in [1.29, 1.82) is 0 Å². The highest BCUT2D eigenvalue weighted by Gasteiger charge is 2.31. The Morgan fingerprint density at radius 1 is 1.24 bits per heavy atom. The van der Waals surface area contributed by atoms with E-state index in [0.717, 1.165) is 18.4 Å². The standard InChI is InChI=1S/C20H27N3O5S/c1-20(2,3)15-6-8-17(9-7-15)29(25,26)23(13-16-5-4-11-27-16)14-19(24)21-18-10-12-28-22-18/h6-10,12,16H,4-5,11,13-14H2,1-3H3,(H,21,22,24). The van der Waals surface area contributed by atoms with Crippen molar-refractivity contribution >= 4 is 21.7 Å². The number of benzene rings is 1. The van der Waals surface area contributed by atoms with Crippen LogP contribution in [0.4, 0.5) is 5.82 Å². The van der Waals surface area contributed by atoms with Crippen LogP contribution < -0.4 is 5.32 Å². The average molecular weight is 422 g/mol. The van der Waals surface area contributed by atoms with Gasteiger partial charge in [-0.25, -0.2) is 8.42 Å². The van der Waals surface area contributed by atoms with Crippen molar-refractivity contribution in [2.75, 3.05) is 25.0 Å². The van der Waals surface area contributed by atoms with Crippen LogP contribution in [0.3, 0.4) is 0 Å². The molecule has 2 aromatic rings. The lowest BCUT2D eigenvalue weighted by atomic mass is 9.87. The number of aromatic nitrogens is 1. The lowest BCUT2D eigenvalue weighted by molar-refractivity contribution is -0.116. The van der Waals surface area contributed by atoms with Gasteiger partial charge in [0, 0.05) is 19.2 Å². The molecule has 158 valence electrons. The van der Waals surface area contributed by atoms with Gasteiger partial charge in [-0.05, 0) is 36.0 Å². The van der Waals surface area contributed by atoms with Crippen molar-refractivity contribution < 1.29 is 22.5 Å². The van der Waals surface area contributed by atoms with E-state index in [1.165, 1.54) is 16.6 Å². The maximum atomic E-state index is 13.3. The van der Waals surface area contributed by atoms with Gasteiger partial charge in [-0.3, -0.25) is 4.79 Å². The minimum Gasteiger partial charge on any atom is -0.377 e. The predicted molar refractivity (Wildman–Crippen MR) is 108 cm³/mol. The maximum Gasteiger partial charge on any atom is 0.243 e. The number of rotatable bonds is 7. The van der Waals surface area contributed by atoms with Crippen LogP contribution in [0.5, 0.6) is 0 Å². The smallest absolute Gasteiger partial charge is 0.243 e. The molecule has 0 aliphatic carbocycles. The van der Waals surface area contributed by atoms with Gasteiger partial charge in [0.25, 0.3) is 0 Å². The molecule has 0 saturated carbocycles. The second-order valence-corrected chi connectivity index (χ2v) is 10.1. The summed E-state index contributed by atoms with van der Waals surface area (Å²) in [5, 5.41) is 6.16. The first kappa shape index (κ1) is 21.5. The molecule has 0 radical (unpaired) electrons. The molecule has 0 bridgehead atoms. The van der Waals surface area contributed by atoms with E-state index in [-0.39, 0.29) is 35.3 Å². The van der Waals surface area contributed by atoms with Crippen LogP contribution in [-0.4, -0.2) is 49.6 Å². The Kier molecular flexibility index (Phi) is 6.40. The van der Waals surface area contributed by atoms with E-state index >= 15 is 0 Å². The first-order chi connectivity index (χ1) is 13.7. The highest BCUT2D eigenvalue weighted by Crippen LogP contribution is 2.25. The van der Waals surface area contributed by atoms with E-state index in [9.17, 15) is 13.2 Å². The van der Waals surface area contributed by atoms with Crippen LogP contribution in [0.15, 0.2) is 46.0 Å². The average Bonchev–Trinajstić information content (AvgIpc) is 3.34. The molecule has 1 fully saturated rings. The third-order valence-corrected chi connectivity index (χ3v) is 6.64. The molecule has 1 aliphatic heterocycles. The monoisotopic (exact) mass is 421 g/mol. The molecule has 1 aromatic carbocycles. The van der Waals surface area contributed by atoms with Crippen molar-refractivity contribution in [3.05, 3.63) is 42.2 Å². The fraction of sp³-hybridized carbons (Fsp3) is 0.500. The molecule has 1 N–H and O–H groups in total. The van der Waals surface area contributed by atoms with E-state index in [0.29, 0.717) is 6.61 Å². The number of carbonyl (C=O) groups is 1. The van der Waals surface area contributed by atoms with E-state index < -0.39 is 15.9 Å². The number of hydrogen-bond donors (Lipinski definition) is 1. The number of hydrogen-bond acceptors (Lipinski definition) is 6. The third kappa shape index (κ3) is 5.43. The van der Waals surface area contributed by atoms with Gasteiger partial charge >= 0.3 is 0 Å². The second kappa shape index (κ2) is 8.64. The van der Waals surface area contributed by atoms with Gasteiger partial charge in [-0.15, -0.1) is 0 Å². The van der Waals surface area contributed by atoms with Gasteiger partial charge in [-0.1, -0.05) is 38.1 Å². The summed E-state index contributed by atoms with van der Waals surface area (Å²) in [4.78, 5) is 12.6. The second-order valence-electron chi connectivity index (χ2n) is 8.14. The van der Waals surface area contributed by atoms with Crippen LogP contribution >= 0.6 is 0 Å². The van der Waals surface area contributed by atoms with Crippen molar-refractivity contribution in [2.24, 2.45) is 0 Å². The summed E-state index contributed by atoms with van der Waals surface area (Å²) in [6.45, 7) is 6.58. The minimum atomic E-state index is -3.88. The van der Waals surface area contributed by atoms with Crippen LogP contribution in [0, 0.1) is 0 Å². The quantitative estimate of drug-likeness (QED) is 0.738. The first-order valence-corrected chi connectivity index (χ1v) is 11.0. The number of anilines is 1. The number of ether oxygens (including phenoxy) is 1. The zero-order valence-corrected chi connectivity index (χ0v) is 17.7. The molecular formula is C20H27N3O5S. The van der Waals surface area contributed by atoms with E-state index in [2.05, 4.69) is 35.8 Å². The molecule has 1 aromatic heterocycles. The zero-order chi connectivity index (χ0) is 21.1. The highest BCUT2D eigenvalue weighted by atomic mass is 32.2. The summed E-state index contributed by atoms with van der Waals surface area (Å²) in [6.07, 6.45) is 2.75. The molecule has 1 unspecified atom stereocenters. The highest BCUT2D eigenvalue weighted by molar-refractivity contribution is 7.89. The molecule has 0 spiro atoms. The van der Waals surface area contributed by atoms with E-state index in [1.54, 1.807) is 12.1 Å². The molecule has 1 amide bonds. The Morgan fingerprint density at radius 2 is 1.97 bits per heavy atom. The molecule has 1 atom stereocenters. The molecule has 8 nitrogen and oxygen atoms in total. The summed E-state index contributed by atoms with van der Waals surface area (Å²) in [7, 11) is -3.88. The fourth-order valence-corrected chi connectivity index (χ4v) is 4.59. The Hall–Kier alpha value is -2.23. The maximum absolute atomic E-state index is 13.3. The van der Waals surface area contributed by atoms with Gasteiger partial charge in [0.2, 0.25) is 15.9 Å². The summed E-state index contributed by atoms with van der Waals surface area (Å²) in [5.74, 6) is -0.259. The number of carbonyl (C=O) groups excluding carboxylic acids is 1. The molecule has 2 heterocycles. The number of nitrogens with one attached hydrogen (secondary N) is 1. The van der Waals surface area contributed by atoms with Crippen LogP contribution in [0.1, 0.15) is 39.2 Å². The van der Waals surface area contributed by atoms with Crippen LogP contribution in [-0.2, 0) is 25.0 Å². The number of amides is 1. The van der Waals surface area contributed by atoms with Crippen molar-refractivity contribution in [3.8, 4) is 0 Å². The molecule has 1 aliphatic rings. The van der Waals surface area contributed by atoms with E-state index in [4.69, 9.17) is 4.74 Å². The number of sulfonamides is 1. The van der Waals surface area contributed by atoms with Crippen LogP contribution in [0.25, 0.3) is 0 Å². The molecule has 29 heavy (non-hydrogen) atoms. The van der Waals surface area contributed by atoms with Crippen LogP contribution in [0.2, 0.25) is 0 Å². The predicted octanol–water partition coefficient (Wildman–Crippen LogP) is 2.78. The summed E-state index contributed by atoms with van der Waals surface area (Å²) < 4.78 is 38.0. The van der Waals surface area contributed by atoms with E-state index in [1.807, 2.05) is 12.1 Å². The summed E-state index contributed by atoms with van der Waals surface area (Å²) >= 11 is 0. The minimum absolute atomic E-state index is 0.0862. The first-order valence-electron chi connectivity index (χ1n) is 9.59. The zero-order valence-electron chi connectivity index (χ0n) is 16.9. The largest absolute Gasteiger partial charge is 0.377 e. The normalized spacial score (nSPS) is 17.6. The van der Waals surface area contributed by atoms with Gasteiger partial charge in [-0.2, -0.15) is 4.31 Å². The van der Waals surface area contributed by atoms with Gasteiger partial charge in [0.15, 0.2) is 5.82 Å². The summed E-state index contributed by atoms with van der Waals surface area (Å²) in [5.41, 5.74) is 0.947. The lowest BCUT2D eigenvalue weighted by Gasteiger charge is -2.25. The summed E-state index contributed by atoms with van der Waals surface area (Å²) in [6, 6.07) is 8.29. The lowest BCUT2D eigenvalue weighted by Crippen LogP contribution is -2.42. The van der Waals surface area contributed by atoms with Crippen molar-refractivity contribution in [1.82, 2.24) is 9.46 Å². The SMILES string of the molecule is CC(C)(C)c1ccc(S(=O)(=O)N(CC(=O)Nc2ccon2)CC2CCCO2)cc1. The third-order valence-electron chi connectivity index (χ3n) is 4.81. The van der Waals surface area contributed by atoms with Gasteiger partial charge in [0.1, 0.15) is 6.26 Å². The molecule has 9 heteroatoms. The molecule has 1 saturated heterocycles. The Morgan fingerprint density at radius 3 is 2.52 bits per heavy atom. The van der Waals surface area contributed by atoms with Gasteiger partial charge < -0.3 is 14.6 Å². The Bertz CT molecular complexity index is 912. The topological polar surface area (TPSA) is 102 Å². The van der Waals surface area contributed by atoms with Crippen molar-refractivity contribution in [2.45, 2.75) is 50.0 Å².